The number of carbonyl (C=O) groups is 2. The summed E-state index contributed by atoms with van der Waals surface area (Å²) in [7, 11) is 0. The van der Waals surface area contributed by atoms with Gasteiger partial charge in [-0.25, -0.2) is 4.79 Å². The number of carbonyl (C=O) groups excluding carboxylic acids is 1. The molecule has 2 N–H and O–H groups in total. The van der Waals surface area contributed by atoms with Crippen molar-refractivity contribution in [3.63, 3.8) is 0 Å². The van der Waals surface area contributed by atoms with Gasteiger partial charge in [0.25, 0.3) is 0 Å². The van der Waals surface area contributed by atoms with Crippen molar-refractivity contribution in [2.45, 2.75) is 19.3 Å². The molecule has 6 nitrogen and oxygen atoms in total. The summed E-state index contributed by atoms with van der Waals surface area (Å²) in [5, 5.41) is 11.8. The predicted molar refractivity (Wildman–Crippen MR) is 91.0 cm³/mol. The normalized spacial score (nSPS) is 12.0. The molecule has 130 valence electrons. The Morgan fingerprint density at radius 3 is 2.44 bits per heavy atom. The van der Waals surface area contributed by atoms with Gasteiger partial charge in [0.05, 0.1) is 5.56 Å². The van der Waals surface area contributed by atoms with Crippen molar-refractivity contribution in [2.24, 2.45) is 0 Å². The van der Waals surface area contributed by atoms with Gasteiger partial charge in [0.15, 0.2) is 11.5 Å². The summed E-state index contributed by atoms with van der Waals surface area (Å²) in [6.45, 7) is 0.805. The number of nitrogens with one attached hydrogen (secondary N) is 1. The standard InChI is InChI=1S/C19H19NO5/c21-18(8-4-13-1-5-15(6-2-13)19(22)23)20-10-9-14-3-7-16-17(11-14)25-12-24-16/h1-3,5-7,11H,4,8-10,12H2,(H,20,21)(H,22,23). The first-order valence-corrected chi connectivity index (χ1v) is 8.09. The van der Waals surface area contributed by atoms with Gasteiger partial charge in [-0.3, -0.25) is 4.79 Å². The zero-order chi connectivity index (χ0) is 17.6. The molecule has 1 amide bonds. The van der Waals surface area contributed by atoms with E-state index < -0.39 is 5.97 Å². The molecule has 1 aliphatic rings. The van der Waals surface area contributed by atoms with Crippen LogP contribution < -0.4 is 14.8 Å². The second kappa shape index (κ2) is 7.70. The van der Waals surface area contributed by atoms with E-state index in [1.165, 1.54) is 0 Å². The van der Waals surface area contributed by atoms with E-state index in [0.717, 1.165) is 29.0 Å². The van der Waals surface area contributed by atoms with Crippen molar-refractivity contribution in [3.05, 3.63) is 59.2 Å². The summed E-state index contributed by atoms with van der Waals surface area (Å²) in [6, 6.07) is 12.3. The van der Waals surface area contributed by atoms with E-state index in [1.807, 2.05) is 18.2 Å². The van der Waals surface area contributed by atoms with E-state index in [4.69, 9.17) is 14.6 Å². The first-order valence-electron chi connectivity index (χ1n) is 8.09. The van der Waals surface area contributed by atoms with Crippen LogP contribution in [0.1, 0.15) is 27.9 Å². The predicted octanol–water partition coefficient (Wildman–Crippen LogP) is 2.41. The molecule has 0 saturated carbocycles. The number of benzene rings is 2. The number of rotatable bonds is 7. The third-order valence-electron chi connectivity index (χ3n) is 4.01. The van der Waals surface area contributed by atoms with Gasteiger partial charge in [-0.2, -0.15) is 0 Å². The molecule has 25 heavy (non-hydrogen) atoms. The van der Waals surface area contributed by atoms with Crippen LogP contribution in [0.3, 0.4) is 0 Å². The van der Waals surface area contributed by atoms with Crippen molar-refractivity contribution in [1.82, 2.24) is 5.32 Å². The van der Waals surface area contributed by atoms with Crippen molar-refractivity contribution < 1.29 is 24.2 Å². The second-order valence-corrected chi connectivity index (χ2v) is 5.79. The molecule has 1 aliphatic heterocycles. The van der Waals surface area contributed by atoms with Gasteiger partial charge in [-0.1, -0.05) is 18.2 Å². The molecule has 0 radical (unpaired) electrons. The van der Waals surface area contributed by atoms with Crippen LogP contribution in [0.25, 0.3) is 0 Å². The summed E-state index contributed by atoms with van der Waals surface area (Å²) in [6.07, 6.45) is 1.67. The number of hydrogen-bond donors (Lipinski definition) is 2. The van der Waals surface area contributed by atoms with Gasteiger partial charge in [0, 0.05) is 13.0 Å². The monoisotopic (exact) mass is 341 g/mol. The van der Waals surface area contributed by atoms with Crippen LogP contribution in [-0.4, -0.2) is 30.3 Å². The van der Waals surface area contributed by atoms with E-state index >= 15 is 0 Å². The first kappa shape index (κ1) is 16.8. The van der Waals surface area contributed by atoms with E-state index in [0.29, 0.717) is 19.4 Å². The quantitative estimate of drug-likeness (QED) is 0.808. The Morgan fingerprint density at radius 2 is 1.68 bits per heavy atom. The molecule has 0 fully saturated rings. The fourth-order valence-electron chi connectivity index (χ4n) is 2.60. The third kappa shape index (κ3) is 4.50. The number of aromatic carboxylic acids is 1. The van der Waals surface area contributed by atoms with Crippen molar-refractivity contribution in [1.29, 1.82) is 0 Å². The molecular weight excluding hydrogens is 322 g/mol. The van der Waals surface area contributed by atoms with Crippen molar-refractivity contribution in [2.75, 3.05) is 13.3 Å². The highest BCUT2D eigenvalue weighted by atomic mass is 16.7. The Hall–Kier alpha value is -3.02. The highest BCUT2D eigenvalue weighted by Crippen LogP contribution is 2.32. The highest BCUT2D eigenvalue weighted by Gasteiger charge is 2.13. The Labute approximate surface area is 145 Å². The molecule has 2 aromatic carbocycles. The molecule has 3 rings (SSSR count). The van der Waals surface area contributed by atoms with Crippen LogP contribution in [-0.2, 0) is 17.6 Å². The van der Waals surface area contributed by atoms with Gasteiger partial charge >= 0.3 is 5.97 Å². The van der Waals surface area contributed by atoms with E-state index in [9.17, 15) is 9.59 Å². The fourth-order valence-corrected chi connectivity index (χ4v) is 2.60. The zero-order valence-electron chi connectivity index (χ0n) is 13.7. The molecule has 0 aliphatic carbocycles. The Kier molecular flexibility index (Phi) is 5.18. The maximum absolute atomic E-state index is 11.9. The first-order chi connectivity index (χ1) is 12.1. The minimum Gasteiger partial charge on any atom is -0.478 e. The van der Waals surface area contributed by atoms with Crippen LogP contribution in [0.4, 0.5) is 0 Å². The highest BCUT2D eigenvalue weighted by molar-refractivity contribution is 5.87. The molecule has 2 aromatic rings. The van der Waals surface area contributed by atoms with Crippen molar-refractivity contribution >= 4 is 11.9 Å². The maximum Gasteiger partial charge on any atom is 0.335 e. The number of amides is 1. The van der Waals surface area contributed by atoms with Crippen LogP contribution in [0.15, 0.2) is 42.5 Å². The van der Waals surface area contributed by atoms with Crippen LogP contribution in [0, 0.1) is 0 Å². The summed E-state index contributed by atoms with van der Waals surface area (Å²) in [5.74, 6) is 0.520. The third-order valence-corrected chi connectivity index (χ3v) is 4.01. The summed E-state index contributed by atoms with van der Waals surface area (Å²) >= 11 is 0. The topological polar surface area (TPSA) is 84.9 Å². The van der Waals surface area contributed by atoms with Gasteiger partial charge in [-0.15, -0.1) is 0 Å². The van der Waals surface area contributed by atoms with Crippen LogP contribution in [0.2, 0.25) is 0 Å². The van der Waals surface area contributed by atoms with E-state index in [2.05, 4.69) is 5.32 Å². The molecule has 0 aromatic heterocycles. The number of ether oxygens (including phenoxy) is 2. The minimum atomic E-state index is -0.951. The SMILES string of the molecule is O=C(CCc1ccc(C(=O)O)cc1)NCCc1ccc2c(c1)OCO2. The fraction of sp³-hybridized carbons (Fsp3) is 0.263. The molecule has 0 unspecified atom stereocenters. The summed E-state index contributed by atoms with van der Waals surface area (Å²) in [5.41, 5.74) is 2.27. The molecule has 1 heterocycles. The lowest BCUT2D eigenvalue weighted by atomic mass is 10.1. The molecule has 6 heteroatoms. The van der Waals surface area contributed by atoms with Crippen molar-refractivity contribution in [3.8, 4) is 11.5 Å². The van der Waals surface area contributed by atoms with Gasteiger partial charge in [-0.05, 0) is 48.2 Å². The molecule has 0 atom stereocenters. The number of hydrogen-bond acceptors (Lipinski definition) is 4. The average molecular weight is 341 g/mol. The Balaban J connectivity index is 1.40. The van der Waals surface area contributed by atoms with E-state index in [1.54, 1.807) is 24.3 Å². The second-order valence-electron chi connectivity index (χ2n) is 5.79. The lowest BCUT2D eigenvalue weighted by Crippen LogP contribution is -2.25. The number of aryl methyl sites for hydroxylation is 1. The minimum absolute atomic E-state index is 0.0249. The summed E-state index contributed by atoms with van der Waals surface area (Å²) < 4.78 is 10.6. The van der Waals surface area contributed by atoms with Crippen LogP contribution in [0.5, 0.6) is 11.5 Å². The summed E-state index contributed by atoms with van der Waals surface area (Å²) in [4.78, 5) is 22.7. The van der Waals surface area contributed by atoms with Gasteiger partial charge in [0.2, 0.25) is 12.7 Å². The number of carboxylic acids is 1. The number of fused-ring (bicyclic) bond motifs is 1. The van der Waals surface area contributed by atoms with Gasteiger partial charge < -0.3 is 19.9 Å². The Morgan fingerprint density at radius 1 is 0.960 bits per heavy atom. The molecule has 0 bridgehead atoms. The van der Waals surface area contributed by atoms with E-state index in [-0.39, 0.29) is 18.3 Å². The molecule has 0 spiro atoms. The van der Waals surface area contributed by atoms with Crippen LogP contribution >= 0.6 is 0 Å². The lowest BCUT2D eigenvalue weighted by Gasteiger charge is -2.06. The Bertz CT molecular complexity index is 770. The largest absolute Gasteiger partial charge is 0.478 e. The number of carboxylic acid groups (broad SMARTS) is 1. The average Bonchev–Trinajstić information content (AvgIpc) is 3.08. The molecular formula is C19H19NO5. The molecule has 0 saturated heterocycles. The van der Waals surface area contributed by atoms with Gasteiger partial charge in [0.1, 0.15) is 0 Å². The smallest absolute Gasteiger partial charge is 0.335 e. The maximum atomic E-state index is 11.9. The lowest BCUT2D eigenvalue weighted by molar-refractivity contribution is -0.121. The zero-order valence-corrected chi connectivity index (χ0v) is 13.7.